The van der Waals surface area contributed by atoms with Crippen LogP contribution in [0.5, 0.6) is 0 Å². The zero-order valence-corrected chi connectivity index (χ0v) is 12.7. The molecule has 2 nitrogen and oxygen atoms in total. The summed E-state index contributed by atoms with van der Waals surface area (Å²) in [5.41, 5.74) is 5.09. The molecule has 106 valence electrons. The maximum atomic E-state index is 4.58. The maximum Gasteiger partial charge on any atom is 0.0422 e. The van der Waals surface area contributed by atoms with E-state index in [0.29, 0.717) is 6.04 Å². The highest BCUT2D eigenvalue weighted by molar-refractivity contribution is 5.26. The molecular weight excluding hydrogens is 244 g/mol. The quantitative estimate of drug-likeness (QED) is 0.861. The highest BCUT2D eigenvalue weighted by Gasteiger charge is 2.12. The molecule has 1 atom stereocenters. The van der Waals surface area contributed by atoms with Gasteiger partial charge in [-0.2, -0.15) is 0 Å². The number of nitrogens with zero attached hydrogens (tertiary/aromatic N) is 1. The lowest BCUT2D eigenvalue weighted by molar-refractivity contribution is 0.543. The van der Waals surface area contributed by atoms with Crippen LogP contribution < -0.4 is 5.32 Å². The molecule has 2 rings (SSSR count). The highest BCUT2D eigenvalue weighted by Crippen LogP contribution is 2.19. The summed E-state index contributed by atoms with van der Waals surface area (Å²) >= 11 is 0. The Labute approximate surface area is 122 Å². The molecule has 1 aromatic heterocycles. The number of pyridine rings is 1. The van der Waals surface area contributed by atoms with Crippen molar-refractivity contribution in [2.45, 2.75) is 39.7 Å². The average molecular weight is 268 g/mol. The molecule has 0 aliphatic heterocycles. The summed E-state index contributed by atoms with van der Waals surface area (Å²) in [4.78, 5) is 4.58. The number of hydrogen-bond donors (Lipinski definition) is 1. The van der Waals surface area contributed by atoms with Crippen LogP contribution in [-0.2, 0) is 12.8 Å². The second-order valence-electron chi connectivity index (χ2n) is 5.24. The molecular formula is C18H24N2. The Hall–Kier alpha value is -1.67. The third-order valence-corrected chi connectivity index (χ3v) is 3.60. The Balaban J connectivity index is 2.16. The van der Waals surface area contributed by atoms with Gasteiger partial charge in [0.15, 0.2) is 0 Å². The molecule has 1 aromatic carbocycles. The van der Waals surface area contributed by atoms with Gasteiger partial charge in [-0.3, -0.25) is 4.98 Å². The van der Waals surface area contributed by atoms with Gasteiger partial charge >= 0.3 is 0 Å². The van der Waals surface area contributed by atoms with Gasteiger partial charge in [-0.05, 0) is 37.1 Å². The summed E-state index contributed by atoms with van der Waals surface area (Å²) in [6.45, 7) is 7.41. The van der Waals surface area contributed by atoms with Crippen LogP contribution in [0, 0.1) is 6.92 Å². The van der Waals surface area contributed by atoms with Gasteiger partial charge in [-0.25, -0.2) is 0 Å². The van der Waals surface area contributed by atoms with E-state index in [4.69, 9.17) is 0 Å². The van der Waals surface area contributed by atoms with Gasteiger partial charge in [0.05, 0.1) is 0 Å². The van der Waals surface area contributed by atoms with Gasteiger partial charge in [0.1, 0.15) is 0 Å². The summed E-state index contributed by atoms with van der Waals surface area (Å²) in [6, 6.07) is 13.4. The first kappa shape index (κ1) is 14.7. The van der Waals surface area contributed by atoms with E-state index in [0.717, 1.165) is 25.1 Å². The maximum absolute atomic E-state index is 4.58. The van der Waals surface area contributed by atoms with Crippen molar-refractivity contribution in [3.63, 3.8) is 0 Å². The van der Waals surface area contributed by atoms with Crippen molar-refractivity contribution in [2.75, 3.05) is 6.54 Å². The molecule has 2 aromatic rings. The molecule has 0 fully saturated rings. The predicted molar refractivity (Wildman–Crippen MR) is 84.9 cm³/mol. The van der Waals surface area contributed by atoms with E-state index in [1.807, 2.05) is 6.20 Å². The van der Waals surface area contributed by atoms with E-state index in [1.54, 1.807) is 0 Å². The molecule has 1 unspecified atom stereocenters. The average Bonchev–Trinajstić information content (AvgIpc) is 2.47. The van der Waals surface area contributed by atoms with Gasteiger partial charge in [-0.15, -0.1) is 0 Å². The molecule has 2 heteroatoms. The SMILES string of the molecule is CCNC(Cc1ccc(CC)cn1)c1cccc(C)c1. The second kappa shape index (κ2) is 7.20. The van der Waals surface area contributed by atoms with E-state index in [2.05, 4.69) is 67.5 Å². The normalized spacial score (nSPS) is 12.3. The van der Waals surface area contributed by atoms with E-state index in [9.17, 15) is 0 Å². The Kier molecular flexibility index (Phi) is 5.31. The standard InChI is InChI=1S/C18H24N2/c1-4-15-9-10-17(20-13-15)12-18(19-5-2)16-8-6-7-14(3)11-16/h6-11,13,18-19H,4-5,12H2,1-3H3. The third kappa shape index (κ3) is 3.91. The summed E-state index contributed by atoms with van der Waals surface area (Å²) in [7, 11) is 0. The highest BCUT2D eigenvalue weighted by atomic mass is 14.9. The van der Waals surface area contributed by atoms with Crippen molar-refractivity contribution in [3.8, 4) is 0 Å². The molecule has 0 amide bonds. The summed E-state index contributed by atoms with van der Waals surface area (Å²) in [6.07, 6.45) is 3.97. The minimum absolute atomic E-state index is 0.333. The van der Waals surface area contributed by atoms with Gasteiger partial charge in [-0.1, -0.05) is 49.7 Å². The van der Waals surface area contributed by atoms with Crippen LogP contribution in [-0.4, -0.2) is 11.5 Å². The minimum atomic E-state index is 0.333. The van der Waals surface area contributed by atoms with Crippen molar-refractivity contribution < 1.29 is 0 Å². The van der Waals surface area contributed by atoms with E-state index in [-0.39, 0.29) is 0 Å². The zero-order valence-electron chi connectivity index (χ0n) is 12.7. The smallest absolute Gasteiger partial charge is 0.0422 e. The number of rotatable bonds is 6. The fourth-order valence-corrected chi connectivity index (χ4v) is 2.44. The summed E-state index contributed by atoms with van der Waals surface area (Å²) < 4.78 is 0. The van der Waals surface area contributed by atoms with E-state index in [1.165, 1.54) is 16.7 Å². The number of hydrogen-bond acceptors (Lipinski definition) is 2. The number of aromatic nitrogens is 1. The minimum Gasteiger partial charge on any atom is -0.310 e. The van der Waals surface area contributed by atoms with Crippen molar-refractivity contribution in [3.05, 3.63) is 65.0 Å². The van der Waals surface area contributed by atoms with Gasteiger partial charge in [0.25, 0.3) is 0 Å². The van der Waals surface area contributed by atoms with Crippen LogP contribution in [0.15, 0.2) is 42.6 Å². The summed E-state index contributed by atoms with van der Waals surface area (Å²) in [5, 5.41) is 3.56. The molecule has 0 spiro atoms. The fraction of sp³-hybridized carbons (Fsp3) is 0.389. The van der Waals surface area contributed by atoms with E-state index < -0.39 is 0 Å². The lowest BCUT2D eigenvalue weighted by Crippen LogP contribution is -2.23. The lowest BCUT2D eigenvalue weighted by atomic mass is 9.99. The van der Waals surface area contributed by atoms with Crippen molar-refractivity contribution in [1.82, 2.24) is 10.3 Å². The second-order valence-corrected chi connectivity index (χ2v) is 5.24. The number of aryl methyl sites for hydroxylation is 2. The molecule has 0 bridgehead atoms. The first-order valence-corrected chi connectivity index (χ1v) is 7.46. The molecule has 0 saturated carbocycles. The number of likely N-dealkylation sites (N-methyl/N-ethyl adjacent to an activating group) is 1. The Morgan fingerprint density at radius 2 is 2.00 bits per heavy atom. The molecule has 1 N–H and O–H groups in total. The largest absolute Gasteiger partial charge is 0.310 e. The lowest BCUT2D eigenvalue weighted by Gasteiger charge is -2.18. The predicted octanol–water partition coefficient (Wildman–Crippen LogP) is 3.85. The molecule has 0 radical (unpaired) electrons. The zero-order chi connectivity index (χ0) is 14.4. The monoisotopic (exact) mass is 268 g/mol. The molecule has 0 aliphatic rings. The number of nitrogens with one attached hydrogen (secondary N) is 1. The third-order valence-electron chi connectivity index (χ3n) is 3.60. The number of benzene rings is 1. The molecule has 20 heavy (non-hydrogen) atoms. The van der Waals surface area contributed by atoms with Crippen LogP contribution in [0.3, 0.4) is 0 Å². The molecule has 0 saturated heterocycles. The van der Waals surface area contributed by atoms with Crippen LogP contribution in [0.2, 0.25) is 0 Å². The molecule has 0 aliphatic carbocycles. The van der Waals surface area contributed by atoms with Crippen molar-refractivity contribution >= 4 is 0 Å². The first-order valence-electron chi connectivity index (χ1n) is 7.46. The van der Waals surface area contributed by atoms with Gasteiger partial charge < -0.3 is 5.32 Å². The Morgan fingerprint density at radius 1 is 1.15 bits per heavy atom. The van der Waals surface area contributed by atoms with Gasteiger partial charge in [0, 0.05) is 24.4 Å². The Morgan fingerprint density at radius 3 is 2.60 bits per heavy atom. The van der Waals surface area contributed by atoms with Gasteiger partial charge in [0.2, 0.25) is 0 Å². The van der Waals surface area contributed by atoms with Crippen LogP contribution in [0.4, 0.5) is 0 Å². The van der Waals surface area contributed by atoms with Crippen molar-refractivity contribution in [2.24, 2.45) is 0 Å². The molecule has 1 heterocycles. The summed E-state index contributed by atoms with van der Waals surface area (Å²) in [5.74, 6) is 0. The van der Waals surface area contributed by atoms with Crippen LogP contribution in [0.25, 0.3) is 0 Å². The topological polar surface area (TPSA) is 24.9 Å². The Bertz CT molecular complexity index is 531. The van der Waals surface area contributed by atoms with E-state index >= 15 is 0 Å². The van der Waals surface area contributed by atoms with Crippen molar-refractivity contribution in [1.29, 1.82) is 0 Å². The fourth-order valence-electron chi connectivity index (χ4n) is 2.44. The first-order chi connectivity index (χ1) is 9.72. The van der Waals surface area contributed by atoms with Crippen LogP contribution >= 0.6 is 0 Å². The van der Waals surface area contributed by atoms with Crippen LogP contribution in [0.1, 0.15) is 42.3 Å².